The number of phenolic OH excluding ortho intramolecular Hbond substituents is 1. The lowest BCUT2D eigenvalue weighted by Gasteiger charge is -2.26. The number of benzene rings is 1. The van der Waals surface area contributed by atoms with E-state index in [2.05, 4.69) is 10.6 Å². The molecule has 7 heteroatoms. The van der Waals surface area contributed by atoms with E-state index in [0.717, 1.165) is 0 Å². The summed E-state index contributed by atoms with van der Waals surface area (Å²) >= 11 is 0. The van der Waals surface area contributed by atoms with Crippen LogP contribution in [0.2, 0.25) is 0 Å². The number of phenols is 1. The third kappa shape index (κ3) is 4.23. The predicted molar refractivity (Wildman–Crippen MR) is 82.2 cm³/mol. The number of aromatic hydroxyl groups is 1. The number of ether oxygens (including phenoxy) is 1. The summed E-state index contributed by atoms with van der Waals surface area (Å²) in [6, 6.07) is 3.03. The predicted octanol–water partition coefficient (Wildman–Crippen LogP) is 1.57. The number of nitrogens with one attached hydrogen (secondary N) is 2. The maximum Gasteiger partial charge on any atom is 0.262 e. The van der Waals surface area contributed by atoms with Gasteiger partial charge in [0.25, 0.3) is 5.91 Å². The maximum atomic E-state index is 11.3. The standard InChI is InChI=1S/C14H20N2O4.ClH/c1-14(2,3)15-6-10(18)8-4-5-9(17)12-13(8)20-7-11(19)16-12;/h4-5,10,15,17-18H,6-7H2,1-3H3,(H,16,19);1H. The van der Waals surface area contributed by atoms with E-state index in [1.54, 1.807) is 6.07 Å². The van der Waals surface area contributed by atoms with Crippen molar-refractivity contribution in [2.45, 2.75) is 32.4 Å². The molecule has 1 heterocycles. The number of fused-ring (bicyclic) bond motifs is 1. The number of aliphatic hydroxyl groups excluding tert-OH is 1. The fourth-order valence-corrected chi connectivity index (χ4v) is 1.95. The van der Waals surface area contributed by atoms with Gasteiger partial charge in [-0.15, -0.1) is 12.4 Å². The lowest BCUT2D eigenvalue weighted by atomic mass is 10.0. The van der Waals surface area contributed by atoms with Gasteiger partial charge < -0.3 is 25.6 Å². The summed E-state index contributed by atoms with van der Waals surface area (Å²) in [5.41, 5.74) is 0.635. The third-order valence-electron chi connectivity index (χ3n) is 2.96. The smallest absolute Gasteiger partial charge is 0.262 e. The largest absolute Gasteiger partial charge is 0.506 e. The molecule has 0 saturated carbocycles. The first kappa shape index (κ1) is 17.6. The van der Waals surface area contributed by atoms with Crippen molar-refractivity contribution in [2.24, 2.45) is 0 Å². The highest BCUT2D eigenvalue weighted by atomic mass is 35.5. The molecule has 0 spiro atoms. The van der Waals surface area contributed by atoms with Crippen molar-refractivity contribution in [1.29, 1.82) is 0 Å². The SMILES string of the molecule is CC(C)(C)NCC(O)c1ccc(O)c2c1OCC(=O)N2.Cl. The first-order chi connectivity index (χ1) is 9.28. The molecule has 1 aliphatic rings. The first-order valence-corrected chi connectivity index (χ1v) is 6.49. The van der Waals surface area contributed by atoms with E-state index >= 15 is 0 Å². The molecule has 0 aliphatic carbocycles. The van der Waals surface area contributed by atoms with Crippen LogP contribution < -0.4 is 15.4 Å². The van der Waals surface area contributed by atoms with Crippen molar-refractivity contribution >= 4 is 24.0 Å². The van der Waals surface area contributed by atoms with Gasteiger partial charge in [0.05, 0.1) is 6.10 Å². The average Bonchev–Trinajstić information content (AvgIpc) is 2.36. The Morgan fingerprint density at radius 1 is 1.43 bits per heavy atom. The van der Waals surface area contributed by atoms with Gasteiger partial charge in [0.15, 0.2) is 12.4 Å². The number of amides is 1. The molecule has 0 fully saturated rings. The first-order valence-electron chi connectivity index (χ1n) is 6.49. The molecule has 21 heavy (non-hydrogen) atoms. The Kier molecular flexibility index (Phi) is 5.44. The van der Waals surface area contributed by atoms with Crippen molar-refractivity contribution in [3.8, 4) is 11.5 Å². The van der Waals surface area contributed by atoms with Crippen LogP contribution in [0.4, 0.5) is 5.69 Å². The molecule has 2 rings (SSSR count). The van der Waals surface area contributed by atoms with Crippen LogP contribution in [0.5, 0.6) is 11.5 Å². The van der Waals surface area contributed by atoms with E-state index in [4.69, 9.17) is 4.74 Å². The van der Waals surface area contributed by atoms with E-state index < -0.39 is 6.10 Å². The number of halogens is 1. The number of hydrogen-bond donors (Lipinski definition) is 4. The molecule has 1 amide bonds. The van der Waals surface area contributed by atoms with Crippen LogP contribution in [-0.4, -0.2) is 34.8 Å². The van der Waals surface area contributed by atoms with Gasteiger partial charge in [-0.2, -0.15) is 0 Å². The summed E-state index contributed by atoms with van der Waals surface area (Å²) in [6.45, 7) is 6.23. The second-order valence-corrected chi connectivity index (χ2v) is 5.86. The zero-order valence-corrected chi connectivity index (χ0v) is 13.1. The minimum atomic E-state index is -0.793. The van der Waals surface area contributed by atoms with Crippen LogP contribution in [0.3, 0.4) is 0 Å². The number of aliphatic hydroxyl groups is 1. The second kappa shape index (κ2) is 6.51. The summed E-state index contributed by atoms with van der Waals surface area (Å²) in [4.78, 5) is 11.3. The Morgan fingerprint density at radius 2 is 2.10 bits per heavy atom. The minimum Gasteiger partial charge on any atom is -0.506 e. The summed E-state index contributed by atoms with van der Waals surface area (Å²) < 4.78 is 5.34. The zero-order valence-electron chi connectivity index (χ0n) is 12.3. The van der Waals surface area contributed by atoms with Gasteiger partial charge in [-0.05, 0) is 32.9 Å². The Labute approximate surface area is 129 Å². The highest BCUT2D eigenvalue weighted by molar-refractivity contribution is 5.97. The van der Waals surface area contributed by atoms with E-state index in [-0.39, 0.29) is 41.9 Å². The highest BCUT2D eigenvalue weighted by Gasteiger charge is 2.26. The van der Waals surface area contributed by atoms with Gasteiger partial charge in [0.1, 0.15) is 11.4 Å². The van der Waals surface area contributed by atoms with Crippen LogP contribution in [-0.2, 0) is 4.79 Å². The molecule has 0 saturated heterocycles. The molecule has 1 unspecified atom stereocenters. The highest BCUT2D eigenvalue weighted by Crippen LogP contribution is 2.41. The van der Waals surface area contributed by atoms with E-state index in [1.807, 2.05) is 20.8 Å². The van der Waals surface area contributed by atoms with Crippen LogP contribution in [0, 0.1) is 0 Å². The average molecular weight is 317 g/mol. The van der Waals surface area contributed by atoms with Crippen LogP contribution >= 0.6 is 12.4 Å². The molecule has 0 radical (unpaired) electrons. The van der Waals surface area contributed by atoms with Gasteiger partial charge in [-0.3, -0.25) is 4.79 Å². The van der Waals surface area contributed by atoms with Gasteiger partial charge in [0.2, 0.25) is 0 Å². The van der Waals surface area contributed by atoms with Gasteiger partial charge in [-0.1, -0.05) is 0 Å². The molecule has 0 bridgehead atoms. The Bertz CT molecular complexity index is 528. The molecule has 1 aromatic rings. The molecule has 4 N–H and O–H groups in total. The summed E-state index contributed by atoms with van der Waals surface area (Å²) in [6.07, 6.45) is -0.793. The molecule has 1 aromatic carbocycles. The minimum absolute atomic E-state index is 0. The lowest BCUT2D eigenvalue weighted by Crippen LogP contribution is -2.38. The summed E-state index contributed by atoms with van der Waals surface area (Å²) in [7, 11) is 0. The van der Waals surface area contributed by atoms with Gasteiger partial charge in [-0.25, -0.2) is 0 Å². The number of anilines is 1. The third-order valence-corrected chi connectivity index (χ3v) is 2.96. The number of hydrogen-bond acceptors (Lipinski definition) is 5. The quantitative estimate of drug-likeness (QED) is 0.635. The molecule has 1 atom stereocenters. The zero-order chi connectivity index (χ0) is 14.9. The Balaban J connectivity index is 0.00000220. The summed E-state index contributed by atoms with van der Waals surface area (Å²) in [5, 5.41) is 25.8. The van der Waals surface area contributed by atoms with Gasteiger partial charge >= 0.3 is 0 Å². The molecule has 0 aromatic heterocycles. The second-order valence-electron chi connectivity index (χ2n) is 5.86. The molecule has 118 valence electrons. The monoisotopic (exact) mass is 316 g/mol. The van der Waals surface area contributed by atoms with Crippen molar-refractivity contribution < 1.29 is 19.7 Å². The topological polar surface area (TPSA) is 90.8 Å². The normalized spacial score (nSPS) is 15.3. The number of carbonyl (C=O) groups excluding carboxylic acids is 1. The van der Waals surface area contributed by atoms with E-state index in [1.165, 1.54) is 6.07 Å². The fraction of sp³-hybridized carbons (Fsp3) is 0.500. The lowest BCUT2D eigenvalue weighted by molar-refractivity contribution is -0.118. The number of β-amino-alcohol motifs (C(OH)–C–C–N with tert-alkyl or cyclic N) is 1. The van der Waals surface area contributed by atoms with Crippen molar-refractivity contribution in [3.63, 3.8) is 0 Å². The molecular formula is C14H21ClN2O4. The Hall–Kier alpha value is -1.50. The van der Waals surface area contributed by atoms with Gasteiger partial charge in [0, 0.05) is 17.6 Å². The van der Waals surface area contributed by atoms with Crippen LogP contribution in [0.15, 0.2) is 12.1 Å². The molecule has 1 aliphatic heterocycles. The molecular weight excluding hydrogens is 296 g/mol. The number of carbonyl (C=O) groups is 1. The fourth-order valence-electron chi connectivity index (χ4n) is 1.95. The van der Waals surface area contributed by atoms with Crippen molar-refractivity contribution in [2.75, 3.05) is 18.5 Å². The number of rotatable bonds is 3. The van der Waals surface area contributed by atoms with Crippen molar-refractivity contribution in [3.05, 3.63) is 17.7 Å². The van der Waals surface area contributed by atoms with E-state index in [0.29, 0.717) is 17.9 Å². The van der Waals surface area contributed by atoms with E-state index in [9.17, 15) is 15.0 Å². The van der Waals surface area contributed by atoms with Crippen molar-refractivity contribution in [1.82, 2.24) is 5.32 Å². The maximum absolute atomic E-state index is 11.3. The Morgan fingerprint density at radius 3 is 2.71 bits per heavy atom. The van der Waals surface area contributed by atoms with Crippen LogP contribution in [0.1, 0.15) is 32.4 Å². The van der Waals surface area contributed by atoms with Crippen LogP contribution in [0.25, 0.3) is 0 Å². The molecule has 6 nitrogen and oxygen atoms in total. The summed E-state index contributed by atoms with van der Waals surface area (Å²) in [5.74, 6) is -0.0761.